The molecule has 1 atom stereocenters. The van der Waals surface area contributed by atoms with Crippen molar-refractivity contribution in [3.05, 3.63) is 113 Å². The van der Waals surface area contributed by atoms with Gasteiger partial charge < -0.3 is 15.4 Å². The number of carbonyl (C=O) groups is 1. The van der Waals surface area contributed by atoms with Crippen molar-refractivity contribution in [3.63, 3.8) is 0 Å². The molecule has 3 aromatic carbocycles. The predicted octanol–water partition coefficient (Wildman–Crippen LogP) is 5.40. The van der Waals surface area contributed by atoms with Crippen molar-refractivity contribution in [2.45, 2.75) is 33.4 Å². The second-order valence-electron chi connectivity index (χ2n) is 8.67. The molecule has 1 aromatic heterocycles. The lowest BCUT2D eigenvalue weighted by Crippen LogP contribution is -2.31. The standard InChI is InChI=1S/C28H27N5O2/c1-18-12-14-22(15-13-18)32-27(34)25-20(3)31-28-29-17-30-33(28)26(25)23-10-6-7-11-24(23)35-16-21-9-5-4-8-19(21)2/h4-15,17,26H,16H2,1-3H3,(H,32,34)(H,29,30,31). The summed E-state index contributed by atoms with van der Waals surface area (Å²) >= 11 is 0. The van der Waals surface area contributed by atoms with E-state index in [0.717, 1.165) is 22.4 Å². The van der Waals surface area contributed by atoms with E-state index in [1.807, 2.05) is 74.5 Å². The molecule has 0 spiro atoms. The first-order chi connectivity index (χ1) is 17.0. The largest absolute Gasteiger partial charge is 0.489 e. The molecule has 176 valence electrons. The summed E-state index contributed by atoms with van der Waals surface area (Å²) in [6, 6.07) is 23.2. The van der Waals surface area contributed by atoms with Crippen molar-refractivity contribution in [2.24, 2.45) is 0 Å². The molecule has 1 amide bonds. The SMILES string of the molecule is CC1=C(C(=O)Nc2ccc(C)cc2)C(c2ccccc2OCc2ccccc2C)n2ncnc2N1. The molecule has 35 heavy (non-hydrogen) atoms. The first kappa shape index (κ1) is 22.4. The van der Waals surface area contributed by atoms with Gasteiger partial charge in [0.15, 0.2) is 0 Å². The third-order valence-electron chi connectivity index (χ3n) is 6.21. The number of rotatable bonds is 6. The van der Waals surface area contributed by atoms with Gasteiger partial charge >= 0.3 is 0 Å². The molecule has 7 nitrogen and oxygen atoms in total. The van der Waals surface area contributed by atoms with Gasteiger partial charge in [0.25, 0.3) is 5.91 Å². The van der Waals surface area contributed by atoms with Crippen molar-refractivity contribution in [1.82, 2.24) is 14.8 Å². The second kappa shape index (κ2) is 9.46. The van der Waals surface area contributed by atoms with Gasteiger partial charge in [-0.05, 0) is 50.1 Å². The highest BCUT2D eigenvalue weighted by molar-refractivity contribution is 6.06. The molecule has 0 aliphatic carbocycles. The maximum absolute atomic E-state index is 13.6. The molecule has 4 aromatic rings. The molecule has 2 heterocycles. The van der Waals surface area contributed by atoms with E-state index in [0.29, 0.717) is 29.6 Å². The second-order valence-corrected chi connectivity index (χ2v) is 8.67. The van der Waals surface area contributed by atoms with Gasteiger partial charge in [-0.2, -0.15) is 10.1 Å². The third-order valence-corrected chi connectivity index (χ3v) is 6.21. The summed E-state index contributed by atoms with van der Waals surface area (Å²) in [6.45, 7) is 6.39. The molecule has 2 N–H and O–H groups in total. The van der Waals surface area contributed by atoms with Crippen molar-refractivity contribution in [3.8, 4) is 5.75 Å². The van der Waals surface area contributed by atoms with Crippen molar-refractivity contribution in [1.29, 1.82) is 0 Å². The lowest BCUT2D eigenvalue weighted by Gasteiger charge is -2.29. The number of hydrogen-bond acceptors (Lipinski definition) is 5. The van der Waals surface area contributed by atoms with Crippen molar-refractivity contribution in [2.75, 3.05) is 10.6 Å². The lowest BCUT2D eigenvalue weighted by atomic mass is 9.94. The molecule has 0 fully saturated rings. The van der Waals surface area contributed by atoms with Gasteiger partial charge in [0.05, 0.1) is 5.57 Å². The van der Waals surface area contributed by atoms with Crippen LogP contribution in [0, 0.1) is 13.8 Å². The average Bonchev–Trinajstić information content (AvgIpc) is 3.32. The summed E-state index contributed by atoms with van der Waals surface area (Å²) in [7, 11) is 0. The fourth-order valence-corrected chi connectivity index (χ4v) is 4.27. The first-order valence-electron chi connectivity index (χ1n) is 11.5. The number of aryl methyl sites for hydroxylation is 2. The van der Waals surface area contributed by atoms with Crippen LogP contribution in [0.4, 0.5) is 11.6 Å². The fourth-order valence-electron chi connectivity index (χ4n) is 4.27. The molecule has 0 saturated heterocycles. The Morgan fingerprint density at radius 1 is 1.00 bits per heavy atom. The van der Waals surface area contributed by atoms with E-state index in [1.165, 1.54) is 11.9 Å². The Morgan fingerprint density at radius 3 is 2.54 bits per heavy atom. The van der Waals surface area contributed by atoms with Gasteiger partial charge in [0.2, 0.25) is 5.95 Å². The van der Waals surface area contributed by atoms with Crippen LogP contribution >= 0.6 is 0 Å². The van der Waals surface area contributed by atoms with Gasteiger partial charge in [0.1, 0.15) is 24.7 Å². The molecule has 1 aliphatic heterocycles. The number of allylic oxidation sites excluding steroid dienone is 1. The molecule has 0 saturated carbocycles. The average molecular weight is 466 g/mol. The van der Waals surface area contributed by atoms with Crippen LogP contribution < -0.4 is 15.4 Å². The zero-order chi connectivity index (χ0) is 24.4. The number of amides is 1. The molecular formula is C28H27N5O2. The lowest BCUT2D eigenvalue weighted by molar-refractivity contribution is -0.113. The van der Waals surface area contributed by atoms with Gasteiger partial charge in [-0.25, -0.2) is 4.68 Å². The molecule has 1 unspecified atom stereocenters. The number of benzene rings is 3. The Hall–Kier alpha value is -4.39. The van der Waals surface area contributed by atoms with E-state index in [1.54, 1.807) is 4.68 Å². The zero-order valence-electron chi connectivity index (χ0n) is 19.9. The highest BCUT2D eigenvalue weighted by Crippen LogP contribution is 2.39. The molecule has 0 bridgehead atoms. The summed E-state index contributed by atoms with van der Waals surface area (Å²) in [5.41, 5.74) is 6.24. The maximum atomic E-state index is 13.6. The minimum absolute atomic E-state index is 0.210. The Balaban J connectivity index is 1.52. The summed E-state index contributed by atoms with van der Waals surface area (Å²) in [4.78, 5) is 17.9. The van der Waals surface area contributed by atoms with Crippen LogP contribution in [-0.2, 0) is 11.4 Å². The first-order valence-corrected chi connectivity index (χ1v) is 11.5. The minimum Gasteiger partial charge on any atom is -0.489 e. The van der Waals surface area contributed by atoms with Crippen LogP contribution in [0.5, 0.6) is 5.75 Å². The van der Waals surface area contributed by atoms with Crippen LogP contribution in [0.1, 0.15) is 35.2 Å². The number of anilines is 2. The van der Waals surface area contributed by atoms with E-state index in [4.69, 9.17) is 4.74 Å². The number of fused-ring (bicyclic) bond motifs is 1. The maximum Gasteiger partial charge on any atom is 0.255 e. The van der Waals surface area contributed by atoms with E-state index < -0.39 is 6.04 Å². The smallest absolute Gasteiger partial charge is 0.255 e. The Bertz CT molecular complexity index is 1400. The molecule has 7 heteroatoms. The Labute approximate surface area is 204 Å². The highest BCUT2D eigenvalue weighted by Gasteiger charge is 2.35. The normalized spacial score (nSPS) is 14.8. The topological polar surface area (TPSA) is 81.1 Å². The molecule has 1 aliphatic rings. The van der Waals surface area contributed by atoms with E-state index in [2.05, 4.69) is 39.8 Å². The van der Waals surface area contributed by atoms with Crippen LogP contribution in [0.2, 0.25) is 0 Å². The monoisotopic (exact) mass is 465 g/mol. The minimum atomic E-state index is -0.507. The number of carbonyl (C=O) groups excluding carboxylic acids is 1. The summed E-state index contributed by atoms with van der Waals surface area (Å²) in [6.07, 6.45) is 1.49. The van der Waals surface area contributed by atoms with Gasteiger partial charge in [-0.15, -0.1) is 0 Å². The van der Waals surface area contributed by atoms with Gasteiger partial charge in [0, 0.05) is 16.9 Å². The third kappa shape index (κ3) is 4.53. The quantitative estimate of drug-likeness (QED) is 0.398. The number of aromatic nitrogens is 3. The van der Waals surface area contributed by atoms with E-state index in [9.17, 15) is 4.79 Å². The molecule has 0 radical (unpaired) electrons. The zero-order valence-corrected chi connectivity index (χ0v) is 19.9. The van der Waals surface area contributed by atoms with Crippen LogP contribution in [-0.4, -0.2) is 20.7 Å². The Kier molecular flexibility index (Phi) is 6.06. The van der Waals surface area contributed by atoms with E-state index >= 15 is 0 Å². The number of hydrogen-bond donors (Lipinski definition) is 2. The highest BCUT2D eigenvalue weighted by atomic mass is 16.5. The van der Waals surface area contributed by atoms with Crippen LogP contribution in [0.15, 0.2) is 90.4 Å². The van der Waals surface area contributed by atoms with Crippen molar-refractivity contribution < 1.29 is 9.53 Å². The summed E-state index contributed by atoms with van der Waals surface area (Å²) in [5, 5.41) is 10.7. The van der Waals surface area contributed by atoms with Crippen molar-refractivity contribution >= 4 is 17.5 Å². The summed E-state index contributed by atoms with van der Waals surface area (Å²) in [5.74, 6) is 1.06. The Morgan fingerprint density at radius 2 is 1.74 bits per heavy atom. The number of nitrogens with one attached hydrogen (secondary N) is 2. The number of ether oxygens (including phenoxy) is 1. The molecular weight excluding hydrogens is 438 g/mol. The van der Waals surface area contributed by atoms with Crippen LogP contribution in [0.25, 0.3) is 0 Å². The van der Waals surface area contributed by atoms with E-state index in [-0.39, 0.29) is 5.91 Å². The predicted molar refractivity (Wildman–Crippen MR) is 136 cm³/mol. The van der Waals surface area contributed by atoms with Gasteiger partial charge in [-0.3, -0.25) is 4.79 Å². The van der Waals surface area contributed by atoms with Crippen LogP contribution in [0.3, 0.4) is 0 Å². The fraction of sp³-hybridized carbons (Fsp3) is 0.179. The summed E-state index contributed by atoms with van der Waals surface area (Å²) < 4.78 is 8.04. The van der Waals surface area contributed by atoms with Gasteiger partial charge in [-0.1, -0.05) is 60.2 Å². The number of para-hydroxylation sites is 1. The molecule has 5 rings (SSSR count). The number of nitrogens with zero attached hydrogens (tertiary/aromatic N) is 3.